The number of ether oxygens (including phenoxy) is 1. The van der Waals surface area contributed by atoms with Gasteiger partial charge in [-0.05, 0) is 32.6 Å². The molecule has 0 bridgehead atoms. The standard InChI is InChI=1S/C17H33N3O2.2ClH/c1-3-16-13-20(9-8-19(16)10-11-22-4-2)17(21)14-6-5-7-15(18)12-14;;/h14-16H,3-13,18H2,1-2H3;2*1H. The Morgan fingerprint density at radius 1 is 1.21 bits per heavy atom. The lowest BCUT2D eigenvalue weighted by atomic mass is 9.85. The largest absolute Gasteiger partial charge is 0.380 e. The van der Waals surface area contributed by atoms with E-state index in [0.29, 0.717) is 11.9 Å². The van der Waals surface area contributed by atoms with Gasteiger partial charge in [0.25, 0.3) is 0 Å². The summed E-state index contributed by atoms with van der Waals surface area (Å²) in [4.78, 5) is 17.3. The lowest BCUT2D eigenvalue weighted by Gasteiger charge is -2.42. The van der Waals surface area contributed by atoms with Crippen LogP contribution in [-0.2, 0) is 9.53 Å². The molecular weight excluding hydrogens is 349 g/mol. The summed E-state index contributed by atoms with van der Waals surface area (Å²) < 4.78 is 5.47. The van der Waals surface area contributed by atoms with Gasteiger partial charge in [0.2, 0.25) is 5.91 Å². The molecule has 0 radical (unpaired) electrons. The number of rotatable bonds is 6. The third-order valence-electron chi connectivity index (χ3n) is 5.18. The Kier molecular flexibility index (Phi) is 12.3. The molecule has 24 heavy (non-hydrogen) atoms. The van der Waals surface area contributed by atoms with Crippen LogP contribution in [0.3, 0.4) is 0 Å². The average molecular weight is 384 g/mol. The number of carbonyl (C=O) groups is 1. The minimum atomic E-state index is 0. The Labute approximate surface area is 159 Å². The number of carbonyl (C=O) groups excluding carboxylic acids is 1. The normalized spacial score (nSPS) is 28.0. The number of halogens is 2. The fourth-order valence-corrected chi connectivity index (χ4v) is 3.81. The summed E-state index contributed by atoms with van der Waals surface area (Å²) in [5, 5.41) is 0. The molecule has 1 saturated heterocycles. The van der Waals surface area contributed by atoms with Crippen molar-refractivity contribution in [1.29, 1.82) is 0 Å². The first-order valence-electron chi connectivity index (χ1n) is 9.01. The molecule has 2 fully saturated rings. The van der Waals surface area contributed by atoms with E-state index >= 15 is 0 Å². The monoisotopic (exact) mass is 383 g/mol. The molecule has 1 heterocycles. The van der Waals surface area contributed by atoms with E-state index in [2.05, 4.69) is 16.7 Å². The van der Waals surface area contributed by atoms with Crippen molar-refractivity contribution in [1.82, 2.24) is 9.80 Å². The van der Waals surface area contributed by atoms with Crippen LogP contribution in [0.15, 0.2) is 0 Å². The van der Waals surface area contributed by atoms with E-state index < -0.39 is 0 Å². The molecule has 5 nitrogen and oxygen atoms in total. The highest BCUT2D eigenvalue weighted by Gasteiger charge is 2.33. The van der Waals surface area contributed by atoms with Gasteiger partial charge in [0.15, 0.2) is 0 Å². The zero-order chi connectivity index (χ0) is 15.9. The molecule has 3 atom stereocenters. The zero-order valence-corrected chi connectivity index (χ0v) is 16.7. The van der Waals surface area contributed by atoms with Gasteiger partial charge in [-0.25, -0.2) is 0 Å². The van der Waals surface area contributed by atoms with Crippen molar-refractivity contribution in [3.05, 3.63) is 0 Å². The van der Waals surface area contributed by atoms with Crippen LogP contribution < -0.4 is 5.73 Å². The summed E-state index contributed by atoms with van der Waals surface area (Å²) >= 11 is 0. The predicted molar refractivity (Wildman–Crippen MR) is 103 cm³/mol. The predicted octanol–water partition coefficient (Wildman–Crippen LogP) is 2.31. The van der Waals surface area contributed by atoms with Crippen LogP contribution in [0.4, 0.5) is 0 Å². The van der Waals surface area contributed by atoms with Crippen LogP contribution in [-0.4, -0.2) is 67.2 Å². The second kappa shape index (κ2) is 12.3. The summed E-state index contributed by atoms with van der Waals surface area (Å²) in [5.74, 6) is 0.509. The Balaban J connectivity index is 0.00000264. The lowest BCUT2D eigenvalue weighted by molar-refractivity contribution is -0.140. The zero-order valence-electron chi connectivity index (χ0n) is 15.1. The number of amides is 1. The van der Waals surface area contributed by atoms with Gasteiger partial charge in [-0.2, -0.15) is 0 Å². The number of hydrogen-bond acceptors (Lipinski definition) is 4. The SMILES string of the molecule is CCOCCN1CCN(C(=O)C2CCCC(N)C2)CC1CC.Cl.Cl. The van der Waals surface area contributed by atoms with Crippen molar-refractivity contribution >= 4 is 30.7 Å². The van der Waals surface area contributed by atoms with Gasteiger partial charge < -0.3 is 15.4 Å². The summed E-state index contributed by atoms with van der Waals surface area (Å²) in [6.45, 7) is 9.47. The van der Waals surface area contributed by atoms with Crippen LogP contribution in [0.2, 0.25) is 0 Å². The van der Waals surface area contributed by atoms with Gasteiger partial charge in [0.05, 0.1) is 6.61 Å². The molecule has 1 aliphatic carbocycles. The van der Waals surface area contributed by atoms with Gasteiger partial charge in [-0.1, -0.05) is 13.3 Å². The molecule has 0 aromatic rings. The maximum atomic E-state index is 12.8. The van der Waals surface area contributed by atoms with Gasteiger partial charge in [-0.15, -0.1) is 24.8 Å². The Hall–Kier alpha value is -0.0700. The van der Waals surface area contributed by atoms with Crippen LogP contribution in [0.5, 0.6) is 0 Å². The van der Waals surface area contributed by atoms with E-state index in [1.165, 1.54) is 0 Å². The molecule has 1 amide bonds. The molecule has 144 valence electrons. The van der Waals surface area contributed by atoms with Crippen molar-refractivity contribution in [2.45, 2.75) is 58.0 Å². The molecule has 3 unspecified atom stereocenters. The molecule has 2 rings (SSSR count). The number of nitrogens with zero attached hydrogens (tertiary/aromatic N) is 2. The second-order valence-electron chi connectivity index (χ2n) is 6.70. The van der Waals surface area contributed by atoms with Gasteiger partial charge in [0, 0.05) is 50.8 Å². The fraction of sp³-hybridized carbons (Fsp3) is 0.941. The lowest BCUT2D eigenvalue weighted by Crippen LogP contribution is -2.56. The molecule has 1 aliphatic heterocycles. The van der Waals surface area contributed by atoms with E-state index in [0.717, 1.165) is 71.5 Å². The molecule has 2 aliphatic rings. The number of piperazine rings is 1. The first kappa shape index (κ1) is 23.9. The van der Waals surface area contributed by atoms with E-state index in [1.54, 1.807) is 0 Å². The molecule has 2 N–H and O–H groups in total. The summed E-state index contributed by atoms with van der Waals surface area (Å²) in [6, 6.07) is 0.688. The van der Waals surface area contributed by atoms with Crippen LogP contribution in [0.1, 0.15) is 46.0 Å². The van der Waals surface area contributed by atoms with E-state index in [1.807, 2.05) is 6.92 Å². The molecule has 0 aromatic carbocycles. The van der Waals surface area contributed by atoms with Gasteiger partial charge in [-0.3, -0.25) is 9.69 Å². The van der Waals surface area contributed by atoms with Crippen LogP contribution >= 0.6 is 24.8 Å². The second-order valence-corrected chi connectivity index (χ2v) is 6.70. The Morgan fingerprint density at radius 3 is 2.58 bits per heavy atom. The Morgan fingerprint density at radius 2 is 1.96 bits per heavy atom. The molecule has 0 spiro atoms. The molecule has 0 aromatic heterocycles. The minimum absolute atomic E-state index is 0. The first-order chi connectivity index (χ1) is 10.7. The molecule has 1 saturated carbocycles. The molecular formula is C17H35Cl2N3O2. The van der Waals surface area contributed by atoms with Crippen LogP contribution in [0, 0.1) is 5.92 Å². The first-order valence-corrected chi connectivity index (χ1v) is 9.01. The van der Waals surface area contributed by atoms with Crippen molar-refractivity contribution in [3.63, 3.8) is 0 Å². The maximum Gasteiger partial charge on any atom is 0.225 e. The van der Waals surface area contributed by atoms with Crippen molar-refractivity contribution < 1.29 is 9.53 Å². The minimum Gasteiger partial charge on any atom is -0.380 e. The van der Waals surface area contributed by atoms with Crippen molar-refractivity contribution in [2.24, 2.45) is 11.7 Å². The summed E-state index contributed by atoms with van der Waals surface area (Å²) in [7, 11) is 0. The van der Waals surface area contributed by atoms with E-state index in [4.69, 9.17) is 10.5 Å². The summed E-state index contributed by atoms with van der Waals surface area (Å²) in [6.07, 6.45) is 5.16. The van der Waals surface area contributed by atoms with E-state index in [9.17, 15) is 4.79 Å². The molecule has 7 heteroatoms. The highest BCUT2D eigenvalue weighted by Crippen LogP contribution is 2.26. The van der Waals surface area contributed by atoms with Crippen LogP contribution in [0.25, 0.3) is 0 Å². The van der Waals surface area contributed by atoms with Gasteiger partial charge >= 0.3 is 0 Å². The smallest absolute Gasteiger partial charge is 0.225 e. The highest BCUT2D eigenvalue weighted by molar-refractivity contribution is 5.85. The average Bonchev–Trinajstić information content (AvgIpc) is 2.54. The number of nitrogens with two attached hydrogens (primary N) is 1. The highest BCUT2D eigenvalue weighted by atomic mass is 35.5. The quantitative estimate of drug-likeness (QED) is 0.714. The third kappa shape index (κ3) is 6.68. The van der Waals surface area contributed by atoms with Gasteiger partial charge in [0.1, 0.15) is 0 Å². The van der Waals surface area contributed by atoms with E-state index in [-0.39, 0.29) is 36.8 Å². The summed E-state index contributed by atoms with van der Waals surface area (Å²) in [5.41, 5.74) is 6.04. The topological polar surface area (TPSA) is 58.8 Å². The fourth-order valence-electron chi connectivity index (χ4n) is 3.81. The number of hydrogen-bond donors (Lipinski definition) is 1. The van der Waals surface area contributed by atoms with Crippen molar-refractivity contribution in [2.75, 3.05) is 39.4 Å². The third-order valence-corrected chi connectivity index (χ3v) is 5.18. The van der Waals surface area contributed by atoms with Crippen molar-refractivity contribution in [3.8, 4) is 0 Å². The Bertz CT molecular complexity index is 361. The maximum absolute atomic E-state index is 12.8.